The number of nitrogens with zero attached hydrogens (tertiary/aromatic N) is 7. The highest BCUT2D eigenvalue weighted by Gasteiger charge is 2.21. The molecule has 238 valence electrons. The quantitative estimate of drug-likeness (QED) is 0.188. The summed E-state index contributed by atoms with van der Waals surface area (Å²) in [4.78, 5) is 25.1. The molecule has 0 spiro atoms. The number of furan rings is 1. The third kappa shape index (κ3) is 4.10. The number of rotatable bonds is 4. The normalized spacial score (nSPS) is 11.9. The van der Waals surface area contributed by atoms with E-state index in [9.17, 15) is 0 Å². The molecule has 0 radical (unpaired) electrons. The Balaban J connectivity index is 1.19. The Bertz CT molecular complexity index is 2930. The lowest BCUT2D eigenvalue weighted by atomic mass is 10.1. The minimum absolute atomic E-state index is 0.460. The summed E-state index contributed by atoms with van der Waals surface area (Å²) in [6.45, 7) is 0. The summed E-state index contributed by atoms with van der Waals surface area (Å²) in [7, 11) is 0. The minimum Gasteiger partial charge on any atom is -0.455 e. The van der Waals surface area contributed by atoms with Crippen molar-refractivity contribution < 1.29 is 4.42 Å². The summed E-state index contributed by atoms with van der Waals surface area (Å²) in [5.74, 6) is 1.48. The number of hydrogen-bond donors (Lipinski definition) is 0. The molecule has 11 rings (SSSR count). The van der Waals surface area contributed by atoms with Crippen LogP contribution < -0.4 is 0 Å². The maximum Gasteiger partial charge on any atom is 0.240 e. The summed E-state index contributed by atoms with van der Waals surface area (Å²) in [5, 5.41) is 6.47. The largest absolute Gasteiger partial charge is 0.455 e. The van der Waals surface area contributed by atoms with Crippen LogP contribution in [0, 0.1) is 0 Å². The van der Waals surface area contributed by atoms with Crippen molar-refractivity contribution in [1.82, 2.24) is 34.1 Å². The molecule has 6 aromatic heterocycles. The smallest absolute Gasteiger partial charge is 0.240 e. The summed E-state index contributed by atoms with van der Waals surface area (Å²) >= 11 is 0. The molecule has 0 bridgehead atoms. The first kappa shape index (κ1) is 27.7. The summed E-state index contributed by atoms with van der Waals surface area (Å²) in [5.41, 5.74) is 7.84. The summed E-state index contributed by atoms with van der Waals surface area (Å²) in [6, 6.07) is 47.4. The van der Waals surface area contributed by atoms with Gasteiger partial charge in [0, 0.05) is 50.3 Å². The Morgan fingerprint density at radius 3 is 1.51 bits per heavy atom. The van der Waals surface area contributed by atoms with Gasteiger partial charge in [-0.3, -0.25) is 14.1 Å². The number of benzene rings is 5. The third-order valence-electron chi connectivity index (χ3n) is 9.72. The minimum atomic E-state index is 0.460. The molecule has 51 heavy (non-hydrogen) atoms. The van der Waals surface area contributed by atoms with Crippen LogP contribution in [-0.2, 0) is 0 Å². The number of aromatic nitrogens is 7. The highest BCUT2D eigenvalue weighted by atomic mass is 16.3. The van der Waals surface area contributed by atoms with Crippen LogP contribution in [0.4, 0.5) is 0 Å². The van der Waals surface area contributed by atoms with Crippen LogP contribution in [0.15, 0.2) is 156 Å². The zero-order valence-corrected chi connectivity index (χ0v) is 27.0. The average Bonchev–Trinajstić information content (AvgIpc) is 3.86. The molecule has 0 fully saturated rings. The van der Waals surface area contributed by atoms with Crippen molar-refractivity contribution in [2.24, 2.45) is 0 Å². The molecular weight excluding hydrogens is 631 g/mol. The molecule has 8 heteroatoms. The molecule has 0 N–H and O–H groups in total. The Hall–Kier alpha value is -7.19. The Labute approximate surface area is 289 Å². The second-order valence-electron chi connectivity index (χ2n) is 12.6. The Morgan fingerprint density at radius 1 is 0.412 bits per heavy atom. The van der Waals surface area contributed by atoms with E-state index in [1.54, 1.807) is 6.20 Å². The van der Waals surface area contributed by atoms with Crippen molar-refractivity contribution in [2.45, 2.75) is 0 Å². The van der Waals surface area contributed by atoms with E-state index >= 15 is 0 Å². The first-order valence-corrected chi connectivity index (χ1v) is 16.8. The van der Waals surface area contributed by atoms with Gasteiger partial charge in [0.15, 0.2) is 5.82 Å². The van der Waals surface area contributed by atoms with E-state index in [1.165, 1.54) is 0 Å². The van der Waals surface area contributed by atoms with Crippen molar-refractivity contribution in [3.8, 4) is 34.7 Å². The van der Waals surface area contributed by atoms with Crippen LogP contribution in [0.2, 0.25) is 0 Å². The van der Waals surface area contributed by atoms with E-state index in [-0.39, 0.29) is 0 Å². The number of fused-ring (bicyclic) bond motifs is 9. The third-order valence-corrected chi connectivity index (χ3v) is 9.72. The number of para-hydroxylation sites is 5. The topological polar surface area (TPSA) is 87.5 Å². The fourth-order valence-electron chi connectivity index (χ4n) is 7.50. The van der Waals surface area contributed by atoms with E-state index in [0.29, 0.717) is 23.4 Å². The van der Waals surface area contributed by atoms with Crippen LogP contribution in [0.3, 0.4) is 0 Å². The first-order chi connectivity index (χ1) is 25.3. The van der Waals surface area contributed by atoms with Gasteiger partial charge in [-0.15, -0.1) is 0 Å². The van der Waals surface area contributed by atoms with Gasteiger partial charge in [-0.05, 0) is 48.5 Å². The summed E-state index contributed by atoms with van der Waals surface area (Å²) < 4.78 is 10.6. The van der Waals surface area contributed by atoms with Crippen LogP contribution >= 0.6 is 0 Å². The lowest BCUT2D eigenvalue weighted by Gasteiger charge is -2.12. The molecular formula is C43H25N7O. The SMILES string of the molecule is c1cc(-c2nc(-n3c4ccccc4c4ccccc43)nc(-n3c4ccccc4c4ccccc43)n2)nc(-c2cccc3c2oc2ccncc23)c1. The summed E-state index contributed by atoms with van der Waals surface area (Å²) in [6.07, 6.45) is 3.58. The van der Waals surface area contributed by atoms with E-state index in [4.69, 9.17) is 24.4 Å². The van der Waals surface area contributed by atoms with E-state index in [2.05, 4.69) is 93.0 Å². The van der Waals surface area contributed by atoms with Gasteiger partial charge in [-0.2, -0.15) is 15.0 Å². The van der Waals surface area contributed by atoms with Gasteiger partial charge >= 0.3 is 0 Å². The second kappa shape index (κ2) is 10.7. The number of hydrogen-bond acceptors (Lipinski definition) is 6. The van der Waals surface area contributed by atoms with Gasteiger partial charge < -0.3 is 4.42 Å². The van der Waals surface area contributed by atoms with Crippen molar-refractivity contribution in [3.05, 3.63) is 152 Å². The standard InChI is InChI=1S/C43H25N7O/c1-5-19-35-26(11-1)27-12-2-6-20-36(27)49(35)42-46-41(47-43(48-42)50-37-21-7-3-13-28(37)29-14-4-8-22-38(29)50)34-18-10-17-33(45-34)31-16-9-15-30-32-25-44-24-23-39(32)51-40(30)31/h1-25H. The van der Waals surface area contributed by atoms with Gasteiger partial charge in [-0.1, -0.05) is 91.0 Å². The molecule has 0 saturated carbocycles. The second-order valence-corrected chi connectivity index (χ2v) is 12.6. The zero-order chi connectivity index (χ0) is 33.5. The fourth-order valence-corrected chi connectivity index (χ4v) is 7.50. The number of pyridine rings is 2. The predicted molar refractivity (Wildman–Crippen MR) is 202 cm³/mol. The predicted octanol–water partition coefficient (Wildman–Crippen LogP) is 10.1. The van der Waals surface area contributed by atoms with Crippen molar-refractivity contribution in [2.75, 3.05) is 0 Å². The van der Waals surface area contributed by atoms with Crippen molar-refractivity contribution in [3.63, 3.8) is 0 Å². The zero-order valence-electron chi connectivity index (χ0n) is 27.0. The Morgan fingerprint density at radius 2 is 0.922 bits per heavy atom. The van der Waals surface area contributed by atoms with Crippen molar-refractivity contribution in [1.29, 1.82) is 0 Å². The van der Waals surface area contributed by atoms with Gasteiger partial charge in [0.2, 0.25) is 11.9 Å². The van der Waals surface area contributed by atoms with Crippen LogP contribution in [0.25, 0.3) is 100 Å². The van der Waals surface area contributed by atoms with Gasteiger partial charge in [0.1, 0.15) is 16.9 Å². The molecule has 5 aromatic carbocycles. The molecule has 0 aliphatic carbocycles. The van der Waals surface area contributed by atoms with Gasteiger partial charge in [0.25, 0.3) is 0 Å². The maximum atomic E-state index is 6.36. The molecule has 0 amide bonds. The molecule has 0 atom stereocenters. The van der Waals surface area contributed by atoms with E-state index < -0.39 is 0 Å². The van der Waals surface area contributed by atoms with Crippen LogP contribution in [0.5, 0.6) is 0 Å². The molecule has 0 unspecified atom stereocenters. The average molecular weight is 656 g/mol. The molecule has 0 saturated heterocycles. The van der Waals surface area contributed by atoms with E-state index in [1.807, 2.05) is 66.9 Å². The lowest BCUT2D eigenvalue weighted by molar-refractivity contribution is 0.669. The van der Waals surface area contributed by atoms with Crippen LogP contribution in [0.1, 0.15) is 0 Å². The Kier molecular flexibility index (Phi) is 5.79. The fraction of sp³-hybridized carbons (Fsp3) is 0. The van der Waals surface area contributed by atoms with Gasteiger partial charge in [-0.25, -0.2) is 4.98 Å². The lowest BCUT2D eigenvalue weighted by Crippen LogP contribution is -2.10. The highest BCUT2D eigenvalue weighted by molar-refractivity contribution is 6.11. The highest BCUT2D eigenvalue weighted by Crippen LogP contribution is 2.37. The first-order valence-electron chi connectivity index (χ1n) is 16.8. The molecule has 11 aromatic rings. The maximum absolute atomic E-state index is 6.36. The molecule has 0 aliphatic rings. The monoisotopic (exact) mass is 655 g/mol. The van der Waals surface area contributed by atoms with Crippen LogP contribution in [-0.4, -0.2) is 34.1 Å². The van der Waals surface area contributed by atoms with E-state index in [0.717, 1.165) is 76.8 Å². The molecule has 8 nitrogen and oxygen atoms in total. The molecule has 6 heterocycles. The van der Waals surface area contributed by atoms with Crippen molar-refractivity contribution >= 4 is 65.6 Å². The molecule has 0 aliphatic heterocycles. The van der Waals surface area contributed by atoms with Gasteiger partial charge in [0.05, 0.1) is 27.8 Å².